The highest BCUT2D eigenvalue weighted by atomic mass is 79.9. The zero-order valence-electron chi connectivity index (χ0n) is 13.5. The number of ether oxygens (including phenoxy) is 1. The summed E-state index contributed by atoms with van der Waals surface area (Å²) in [7, 11) is 0. The maximum absolute atomic E-state index is 13.1. The van der Waals surface area contributed by atoms with Gasteiger partial charge in [-0.15, -0.1) is 23.5 Å². The molecule has 1 atom stereocenters. The molecule has 2 nitrogen and oxygen atoms in total. The SMILES string of the molecule is O=C1OC(c2ccccc2)=CC(c2ccc(Br)cc2)C12SCCCS2. The van der Waals surface area contributed by atoms with Gasteiger partial charge in [-0.1, -0.05) is 58.4 Å². The van der Waals surface area contributed by atoms with Gasteiger partial charge in [-0.05, 0) is 41.7 Å². The first-order valence-corrected chi connectivity index (χ1v) is 11.0. The number of halogens is 1. The van der Waals surface area contributed by atoms with Gasteiger partial charge < -0.3 is 4.74 Å². The van der Waals surface area contributed by atoms with Crippen LogP contribution in [0, 0.1) is 0 Å². The molecule has 4 rings (SSSR count). The van der Waals surface area contributed by atoms with Crippen molar-refractivity contribution in [3.63, 3.8) is 0 Å². The predicted molar refractivity (Wildman–Crippen MR) is 110 cm³/mol. The summed E-state index contributed by atoms with van der Waals surface area (Å²) in [4.78, 5) is 13.1. The molecule has 0 bridgehead atoms. The maximum atomic E-state index is 13.1. The number of hydrogen-bond acceptors (Lipinski definition) is 4. The van der Waals surface area contributed by atoms with Gasteiger partial charge in [-0.25, -0.2) is 4.79 Å². The molecule has 0 saturated carbocycles. The second-order valence-corrected chi connectivity index (χ2v) is 9.89. The van der Waals surface area contributed by atoms with Crippen molar-refractivity contribution in [1.29, 1.82) is 0 Å². The van der Waals surface area contributed by atoms with E-state index in [0.717, 1.165) is 33.5 Å². The number of allylic oxidation sites excluding steroid dienone is 1. The molecular formula is C20H17BrO2S2. The Hall–Kier alpha value is -1.17. The van der Waals surface area contributed by atoms with E-state index < -0.39 is 4.08 Å². The minimum absolute atomic E-state index is 0.00708. The smallest absolute Gasteiger partial charge is 0.338 e. The zero-order chi connectivity index (χ0) is 17.3. The first kappa shape index (κ1) is 17.3. The van der Waals surface area contributed by atoms with Gasteiger partial charge in [-0.2, -0.15) is 0 Å². The lowest BCUT2D eigenvalue weighted by Crippen LogP contribution is -2.43. The van der Waals surface area contributed by atoms with Crippen molar-refractivity contribution in [2.75, 3.05) is 11.5 Å². The molecule has 1 fully saturated rings. The summed E-state index contributed by atoms with van der Waals surface area (Å²) in [6.45, 7) is 0. The van der Waals surface area contributed by atoms with E-state index in [4.69, 9.17) is 4.74 Å². The Morgan fingerprint density at radius 3 is 2.36 bits per heavy atom. The second-order valence-electron chi connectivity index (χ2n) is 6.03. The van der Waals surface area contributed by atoms with Crippen LogP contribution in [0.25, 0.3) is 5.76 Å². The molecule has 0 radical (unpaired) electrons. The minimum atomic E-state index is -0.579. The first-order chi connectivity index (χ1) is 12.2. The highest BCUT2D eigenvalue weighted by Crippen LogP contribution is 2.55. The normalized spacial score (nSPS) is 22.4. The van der Waals surface area contributed by atoms with Crippen LogP contribution in [0.4, 0.5) is 0 Å². The monoisotopic (exact) mass is 432 g/mol. The average molecular weight is 433 g/mol. The summed E-state index contributed by atoms with van der Waals surface area (Å²) >= 11 is 6.96. The van der Waals surface area contributed by atoms with Gasteiger partial charge in [0.25, 0.3) is 0 Å². The van der Waals surface area contributed by atoms with Crippen LogP contribution < -0.4 is 0 Å². The Bertz CT molecular complexity index is 796. The van der Waals surface area contributed by atoms with Crippen LogP contribution in [-0.4, -0.2) is 21.6 Å². The van der Waals surface area contributed by atoms with Crippen LogP contribution in [-0.2, 0) is 9.53 Å². The van der Waals surface area contributed by atoms with E-state index >= 15 is 0 Å². The van der Waals surface area contributed by atoms with E-state index in [1.807, 2.05) is 42.5 Å². The number of thioether (sulfide) groups is 2. The highest BCUT2D eigenvalue weighted by Gasteiger charge is 2.52. The van der Waals surface area contributed by atoms with Crippen molar-refractivity contribution in [2.45, 2.75) is 16.4 Å². The summed E-state index contributed by atoms with van der Waals surface area (Å²) in [5, 5.41) is 0. The number of cyclic esters (lactones) is 1. The predicted octanol–water partition coefficient (Wildman–Crippen LogP) is 5.70. The van der Waals surface area contributed by atoms with E-state index in [2.05, 4.69) is 34.1 Å². The molecule has 25 heavy (non-hydrogen) atoms. The Labute approximate surface area is 164 Å². The summed E-state index contributed by atoms with van der Waals surface area (Å²) in [6, 6.07) is 18.1. The first-order valence-electron chi connectivity index (χ1n) is 8.22. The van der Waals surface area contributed by atoms with Crippen LogP contribution in [0.2, 0.25) is 0 Å². The third-order valence-electron chi connectivity index (χ3n) is 4.42. The van der Waals surface area contributed by atoms with Crippen molar-refractivity contribution in [3.8, 4) is 0 Å². The molecule has 1 unspecified atom stereocenters. The number of hydrogen-bond donors (Lipinski definition) is 0. The summed E-state index contributed by atoms with van der Waals surface area (Å²) in [5.74, 6) is 2.51. The Balaban J connectivity index is 1.82. The summed E-state index contributed by atoms with van der Waals surface area (Å²) in [6.07, 6.45) is 3.26. The fourth-order valence-electron chi connectivity index (χ4n) is 3.18. The molecule has 2 aromatic rings. The number of benzene rings is 2. The molecule has 0 aromatic heterocycles. The van der Waals surface area contributed by atoms with Gasteiger partial charge >= 0.3 is 5.97 Å². The van der Waals surface area contributed by atoms with E-state index in [1.165, 1.54) is 0 Å². The van der Waals surface area contributed by atoms with Crippen LogP contribution >= 0.6 is 39.5 Å². The molecule has 5 heteroatoms. The van der Waals surface area contributed by atoms with Crippen LogP contribution in [0.3, 0.4) is 0 Å². The quantitative estimate of drug-likeness (QED) is 0.568. The Morgan fingerprint density at radius 2 is 1.68 bits per heavy atom. The van der Waals surface area contributed by atoms with Gasteiger partial charge in [0, 0.05) is 16.0 Å². The number of rotatable bonds is 2. The van der Waals surface area contributed by atoms with Crippen molar-refractivity contribution in [3.05, 3.63) is 76.3 Å². The van der Waals surface area contributed by atoms with E-state index in [1.54, 1.807) is 23.5 Å². The van der Waals surface area contributed by atoms with Crippen molar-refractivity contribution in [2.24, 2.45) is 0 Å². The molecular weight excluding hydrogens is 416 g/mol. The molecule has 2 aliphatic heterocycles. The van der Waals surface area contributed by atoms with Crippen LogP contribution in [0.1, 0.15) is 23.5 Å². The number of esters is 1. The van der Waals surface area contributed by atoms with Gasteiger partial charge in [0.1, 0.15) is 5.76 Å². The Morgan fingerprint density at radius 1 is 1.00 bits per heavy atom. The van der Waals surface area contributed by atoms with Gasteiger partial charge in [0.15, 0.2) is 4.08 Å². The van der Waals surface area contributed by atoms with Crippen LogP contribution in [0.5, 0.6) is 0 Å². The minimum Gasteiger partial charge on any atom is -0.425 e. The van der Waals surface area contributed by atoms with Crippen molar-refractivity contribution >= 4 is 51.2 Å². The molecule has 0 aliphatic carbocycles. The highest BCUT2D eigenvalue weighted by molar-refractivity contribution is 9.10. The molecule has 1 spiro atoms. The van der Waals surface area contributed by atoms with Crippen molar-refractivity contribution < 1.29 is 9.53 Å². The number of carbonyl (C=O) groups is 1. The summed E-state index contributed by atoms with van der Waals surface area (Å²) < 4.78 is 6.27. The zero-order valence-corrected chi connectivity index (χ0v) is 16.7. The third-order valence-corrected chi connectivity index (χ3v) is 8.34. The molecule has 1 saturated heterocycles. The topological polar surface area (TPSA) is 26.3 Å². The fourth-order valence-corrected chi connectivity index (χ4v) is 6.73. The lowest BCUT2D eigenvalue weighted by molar-refractivity contribution is -0.138. The number of carbonyl (C=O) groups excluding carboxylic acids is 1. The average Bonchev–Trinajstić information content (AvgIpc) is 2.66. The molecule has 2 aromatic carbocycles. The molecule has 0 amide bonds. The van der Waals surface area contributed by atoms with E-state index in [-0.39, 0.29) is 11.9 Å². The van der Waals surface area contributed by atoms with Gasteiger partial charge in [0.2, 0.25) is 0 Å². The molecule has 128 valence electrons. The molecule has 2 aliphatic rings. The van der Waals surface area contributed by atoms with Crippen molar-refractivity contribution in [1.82, 2.24) is 0 Å². The summed E-state index contributed by atoms with van der Waals surface area (Å²) in [5.41, 5.74) is 2.09. The van der Waals surface area contributed by atoms with E-state index in [9.17, 15) is 4.79 Å². The second kappa shape index (κ2) is 7.22. The largest absolute Gasteiger partial charge is 0.425 e. The van der Waals surface area contributed by atoms with E-state index in [0.29, 0.717) is 5.76 Å². The molecule has 2 heterocycles. The third kappa shape index (κ3) is 3.29. The van der Waals surface area contributed by atoms with Gasteiger partial charge in [0.05, 0.1) is 0 Å². The Kier molecular flexibility index (Phi) is 4.98. The standard InChI is InChI=1S/C20H17BrO2S2/c21-16-9-7-14(8-10-16)17-13-18(15-5-2-1-3-6-15)23-19(22)20(17)24-11-4-12-25-20/h1-3,5-10,13,17H,4,11-12H2. The fraction of sp³-hybridized carbons (Fsp3) is 0.250. The lowest BCUT2D eigenvalue weighted by Gasteiger charge is -2.41. The van der Waals surface area contributed by atoms with Gasteiger partial charge in [-0.3, -0.25) is 0 Å². The molecule has 0 N–H and O–H groups in total. The van der Waals surface area contributed by atoms with Crippen LogP contribution in [0.15, 0.2) is 65.1 Å². The lowest BCUT2D eigenvalue weighted by atomic mass is 9.91. The maximum Gasteiger partial charge on any atom is 0.338 e.